The van der Waals surface area contributed by atoms with Gasteiger partial charge in [-0.2, -0.15) is 0 Å². The van der Waals surface area contributed by atoms with E-state index in [1.807, 2.05) is 0 Å². The standard InChI is InChI=1S/C19H25ClN2O3/c1-14-13-21-18(24)25-19(14)8-11-22(12-9-19)10-2-3-17(23)15-4-6-16(20)7-5-15/h4-7,14H,2-3,8-13H2,1H3,(H,21,24). The molecule has 1 amide bonds. The smallest absolute Gasteiger partial charge is 0.407 e. The lowest BCUT2D eigenvalue weighted by molar-refractivity contribution is -0.0863. The summed E-state index contributed by atoms with van der Waals surface area (Å²) in [4.78, 5) is 26.1. The largest absolute Gasteiger partial charge is 0.442 e. The van der Waals surface area contributed by atoms with Crippen LogP contribution in [0.3, 0.4) is 0 Å². The number of alkyl carbamates (subject to hydrolysis) is 1. The van der Waals surface area contributed by atoms with Crippen LogP contribution in [0.15, 0.2) is 24.3 Å². The summed E-state index contributed by atoms with van der Waals surface area (Å²) in [6.45, 7) is 5.55. The van der Waals surface area contributed by atoms with E-state index >= 15 is 0 Å². The van der Waals surface area contributed by atoms with E-state index in [4.69, 9.17) is 16.3 Å². The Morgan fingerprint density at radius 3 is 2.68 bits per heavy atom. The van der Waals surface area contributed by atoms with Gasteiger partial charge in [-0.1, -0.05) is 18.5 Å². The summed E-state index contributed by atoms with van der Waals surface area (Å²) in [7, 11) is 0. The second-order valence-corrected chi connectivity index (χ2v) is 7.55. The van der Waals surface area contributed by atoms with Crippen LogP contribution in [0.25, 0.3) is 0 Å². The predicted molar refractivity (Wildman–Crippen MR) is 97.1 cm³/mol. The highest BCUT2D eigenvalue weighted by Crippen LogP contribution is 2.35. The molecule has 1 N–H and O–H groups in total. The molecule has 5 nitrogen and oxygen atoms in total. The number of carbonyl (C=O) groups excluding carboxylic acids is 2. The van der Waals surface area contributed by atoms with Crippen LogP contribution in [0.1, 0.15) is 43.0 Å². The van der Waals surface area contributed by atoms with E-state index in [1.165, 1.54) is 0 Å². The third-order valence-corrected chi connectivity index (χ3v) is 5.75. The van der Waals surface area contributed by atoms with Gasteiger partial charge in [0.15, 0.2) is 5.78 Å². The van der Waals surface area contributed by atoms with Crippen molar-refractivity contribution in [3.05, 3.63) is 34.9 Å². The zero-order valence-electron chi connectivity index (χ0n) is 14.6. The summed E-state index contributed by atoms with van der Waals surface area (Å²) in [6.07, 6.45) is 2.82. The van der Waals surface area contributed by atoms with E-state index in [0.29, 0.717) is 23.9 Å². The van der Waals surface area contributed by atoms with Gasteiger partial charge in [-0.25, -0.2) is 4.79 Å². The number of Topliss-reactive ketones (excluding diaryl/α,β-unsaturated/α-hetero) is 1. The van der Waals surface area contributed by atoms with Crippen molar-refractivity contribution in [1.82, 2.24) is 10.2 Å². The van der Waals surface area contributed by atoms with Gasteiger partial charge in [0.05, 0.1) is 0 Å². The van der Waals surface area contributed by atoms with Gasteiger partial charge in [0.25, 0.3) is 0 Å². The number of piperidine rings is 1. The van der Waals surface area contributed by atoms with Crippen molar-refractivity contribution >= 4 is 23.5 Å². The molecule has 2 saturated heterocycles. The van der Waals surface area contributed by atoms with Crippen LogP contribution in [0.5, 0.6) is 0 Å². The van der Waals surface area contributed by atoms with E-state index in [0.717, 1.165) is 44.5 Å². The molecular weight excluding hydrogens is 340 g/mol. The molecule has 1 aromatic carbocycles. The molecule has 1 atom stereocenters. The molecule has 0 saturated carbocycles. The molecule has 6 heteroatoms. The zero-order valence-corrected chi connectivity index (χ0v) is 15.3. The first-order valence-electron chi connectivity index (χ1n) is 8.96. The molecule has 2 heterocycles. The molecule has 3 rings (SSSR count). The van der Waals surface area contributed by atoms with E-state index < -0.39 is 0 Å². The Balaban J connectivity index is 1.43. The van der Waals surface area contributed by atoms with E-state index in [1.54, 1.807) is 24.3 Å². The highest BCUT2D eigenvalue weighted by Gasteiger charge is 2.45. The van der Waals surface area contributed by atoms with Crippen molar-refractivity contribution < 1.29 is 14.3 Å². The number of ketones is 1. The first kappa shape index (κ1) is 18.2. The average Bonchev–Trinajstić information content (AvgIpc) is 2.61. The van der Waals surface area contributed by atoms with E-state index in [-0.39, 0.29) is 17.5 Å². The fraction of sp³-hybridized carbons (Fsp3) is 0.579. The van der Waals surface area contributed by atoms with Crippen molar-refractivity contribution in [3.63, 3.8) is 0 Å². The minimum Gasteiger partial charge on any atom is -0.442 e. The summed E-state index contributed by atoms with van der Waals surface area (Å²) >= 11 is 5.85. The van der Waals surface area contributed by atoms with Gasteiger partial charge in [-0.15, -0.1) is 0 Å². The number of halogens is 1. The lowest BCUT2D eigenvalue weighted by Crippen LogP contribution is -2.58. The van der Waals surface area contributed by atoms with Gasteiger partial charge in [0.2, 0.25) is 0 Å². The third kappa shape index (κ3) is 4.33. The van der Waals surface area contributed by atoms with Crippen molar-refractivity contribution in [3.8, 4) is 0 Å². The number of hydrogen-bond acceptors (Lipinski definition) is 4. The minimum absolute atomic E-state index is 0.158. The minimum atomic E-state index is -0.308. The Hall–Kier alpha value is -1.59. The molecule has 2 aliphatic rings. The number of nitrogens with zero attached hydrogens (tertiary/aromatic N) is 1. The molecule has 2 aliphatic heterocycles. The Kier molecular flexibility index (Phi) is 5.64. The molecule has 2 fully saturated rings. The number of hydrogen-bond donors (Lipinski definition) is 1. The lowest BCUT2D eigenvalue weighted by atomic mass is 9.79. The number of nitrogens with one attached hydrogen (secondary N) is 1. The monoisotopic (exact) mass is 364 g/mol. The van der Waals surface area contributed by atoms with Gasteiger partial charge in [0.1, 0.15) is 5.60 Å². The molecule has 0 aliphatic carbocycles. The number of amides is 1. The number of ether oxygens (including phenoxy) is 1. The average molecular weight is 365 g/mol. The molecule has 136 valence electrons. The molecule has 1 unspecified atom stereocenters. The van der Waals surface area contributed by atoms with E-state index in [9.17, 15) is 9.59 Å². The molecule has 0 bridgehead atoms. The Morgan fingerprint density at radius 2 is 2.00 bits per heavy atom. The zero-order chi connectivity index (χ0) is 17.9. The molecule has 1 aromatic rings. The second kappa shape index (κ2) is 7.75. The van der Waals surface area contributed by atoms with E-state index in [2.05, 4.69) is 17.1 Å². The number of benzene rings is 1. The second-order valence-electron chi connectivity index (χ2n) is 7.11. The van der Waals surface area contributed by atoms with Crippen LogP contribution >= 0.6 is 11.6 Å². The first-order chi connectivity index (χ1) is 12.0. The molecule has 0 radical (unpaired) electrons. The van der Waals surface area contributed by atoms with Crippen molar-refractivity contribution in [2.75, 3.05) is 26.2 Å². The predicted octanol–water partition coefficient (Wildman–Crippen LogP) is 3.51. The van der Waals surface area contributed by atoms with Crippen LogP contribution in [0, 0.1) is 5.92 Å². The Bertz CT molecular complexity index is 624. The maximum atomic E-state index is 12.2. The SMILES string of the molecule is CC1CNC(=O)OC12CCN(CCCC(=O)c1ccc(Cl)cc1)CC2. The fourth-order valence-electron chi connectivity index (χ4n) is 3.74. The van der Waals surface area contributed by atoms with Gasteiger partial charge < -0.3 is 15.0 Å². The highest BCUT2D eigenvalue weighted by atomic mass is 35.5. The molecule has 25 heavy (non-hydrogen) atoms. The first-order valence-corrected chi connectivity index (χ1v) is 9.34. The number of carbonyl (C=O) groups is 2. The van der Waals surface area contributed by atoms with Crippen molar-refractivity contribution in [2.45, 2.75) is 38.2 Å². The van der Waals surface area contributed by atoms with Crippen molar-refractivity contribution in [1.29, 1.82) is 0 Å². The van der Waals surface area contributed by atoms with Crippen LogP contribution in [-0.4, -0.2) is 48.6 Å². The lowest BCUT2D eigenvalue weighted by Gasteiger charge is -2.47. The molecular formula is C19H25ClN2O3. The van der Waals surface area contributed by atoms with Gasteiger partial charge in [-0.05, 0) is 37.2 Å². The Labute approximate surface area is 153 Å². The topological polar surface area (TPSA) is 58.6 Å². The molecule has 1 spiro atoms. The van der Waals surface area contributed by atoms with Crippen LogP contribution in [0.2, 0.25) is 5.02 Å². The van der Waals surface area contributed by atoms with Crippen LogP contribution in [0.4, 0.5) is 4.79 Å². The third-order valence-electron chi connectivity index (χ3n) is 5.49. The quantitative estimate of drug-likeness (QED) is 0.812. The van der Waals surface area contributed by atoms with Crippen molar-refractivity contribution in [2.24, 2.45) is 5.92 Å². The summed E-state index contributed by atoms with van der Waals surface area (Å²) < 4.78 is 5.64. The fourth-order valence-corrected chi connectivity index (χ4v) is 3.86. The summed E-state index contributed by atoms with van der Waals surface area (Å²) in [6, 6.07) is 7.06. The van der Waals surface area contributed by atoms with Gasteiger partial charge in [-0.3, -0.25) is 4.79 Å². The Morgan fingerprint density at radius 1 is 1.32 bits per heavy atom. The summed E-state index contributed by atoms with van der Waals surface area (Å²) in [5.74, 6) is 0.491. The summed E-state index contributed by atoms with van der Waals surface area (Å²) in [5.41, 5.74) is 0.412. The van der Waals surface area contributed by atoms with Crippen LogP contribution in [-0.2, 0) is 4.74 Å². The molecule has 0 aromatic heterocycles. The maximum absolute atomic E-state index is 12.2. The number of rotatable bonds is 5. The number of likely N-dealkylation sites (tertiary alicyclic amines) is 1. The van der Waals surface area contributed by atoms with Gasteiger partial charge in [0, 0.05) is 55.4 Å². The summed E-state index contributed by atoms with van der Waals surface area (Å²) in [5, 5.41) is 3.40. The van der Waals surface area contributed by atoms with Crippen LogP contribution < -0.4 is 5.32 Å². The maximum Gasteiger partial charge on any atom is 0.407 e. The highest BCUT2D eigenvalue weighted by molar-refractivity contribution is 6.30. The van der Waals surface area contributed by atoms with Gasteiger partial charge >= 0.3 is 6.09 Å². The normalized spacial score (nSPS) is 23.1.